The van der Waals surface area contributed by atoms with Crippen molar-refractivity contribution in [3.8, 4) is 17.0 Å². The molecule has 0 unspecified atom stereocenters. The van der Waals surface area contributed by atoms with Crippen molar-refractivity contribution in [1.29, 1.82) is 0 Å². The molecule has 10 nitrogen and oxygen atoms in total. The summed E-state index contributed by atoms with van der Waals surface area (Å²) in [7, 11) is 3.71. The van der Waals surface area contributed by atoms with Gasteiger partial charge in [-0.3, -0.25) is 0 Å². The molecule has 3 aromatic heterocycles. The Bertz CT molecular complexity index is 1440. The molecule has 4 aromatic rings. The Balaban J connectivity index is 1.13. The fourth-order valence-corrected chi connectivity index (χ4v) is 5.53. The number of fused-ring (bicyclic) bond motifs is 1. The topological polar surface area (TPSA) is 85.5 Å². The summed E-state index contributed by atoms with van der Waals surface area (Å²) >= 11 is 6.37. The Labute approximate surface area is 233 Å². The predicted molar refractivity (Wildman–Crippen MR) is 154 cm³/mol. The minimum atomic E-state index is -0.129. The summed E-state index contributed by atoms with van der Waals surface area (Å²) in [4.78, 5) is 23.5. The van der Waals surface area contributed by atoms with Crippen molar-refractivity contribution < 1.29 is 9.84 Å². The Morgan fingerprint density at radius 1 is 0.897 bits per heavy atom. The van der Waals surface area contributed by atoms with Crippen LogP contribution in [-0.2, 0) is 6.61 Å². The lowest BCUT2D eigenvalue weighted by molar-refractivity contribution is 0.281. The minimum Gasteiger partial charge on any atom is -0.495 e. The van der Waals surface area contributed by atoms with Gasteiger partial charge in [0.15, 0.2) is 0 Å². The summed E-state index contributed by atoms with van der Waals surface area (Å²) in [6.07, 6.45) is 7.91. The van der Waals surface area contributed by atoms with Crippen LogP contribution in [0.5, 0.6) is 5.75 Å². The van der Waals surface area contributed by atoms with Gasteiger partial charge in [-0.05, 0) is 30.8 Å². The summed E-state index contributed by atoms with van der Waals surface area (Å²) in [5, 5.41) is 10.4. The average molecular weight is 549 g/mol. The third-order valence-electron chi connectivity index (χ3n) is 7.69. The SMILES string of the molecule is COc1cc(CO)c(-c2cn3ccc(N4CCN(c5cnc(N6CCN(C)CC6)nc5)CC4)cc3n2)cc1Cl. The summed E-state index contributed by atoms with van der Waals surface area (Å²) in [5.74, 6) is 1.35. The number of rotatable bonds is 6. The van der Waals surface area contributed by atoms with Crippen LogP contribution in [0.1, 0.15) is 5.56 Å². The first-order valence-corrected chi connectivity index (χ1v) is 13.6. The van der Waals surface area contributed by atoms with Crippen LogP contribution in [0.15, 0.2) is 49.1 Å². The number of halogens is 1. The molecule has 0 spiro atoms. The first-order valence-electron chi connectivity index (χ1n) is 13.2. The van der Waals surface area contributed by atoms with Gasteiger partial charge in [0.1, 0.15) is 11.4 Å². The Hall–Kier alpha value is -3.60. The van der Waals surface area contributed by atoms with Crippen LogP contribution >= 0.6 is 11.6 Å². The predicted octanol–water partition coefficient (Wildman–Crippen LogP) is 3.02. The number of hydrogen-bond donors (Lipinski definition) is 1. The van der Waals surface area contributed by atoms with Gasteiger partial charge in [0.25, 0.3) is 0 Å². The number of benzene rings is 1. The van der Waals surface area contributed by atoms with Gasteiger partial charge in [0.05, 0.1) is 42.5 Å². The number of anilines is 3. The minimum absolute atomic E-state index is 0.129. The molecule has 2 saturated heterocycles. The molecule has 2 aliphatic rings. The van der Waals surface area contributed by atoms with E-state index in [1.165, 1.54) is 0 Å². The maximum atomic E-state index is 9.91. The Morgan fingerprint density at radius 3 is 2.23 bits per heavy atom. The summed E-state index contributed by atoms with van der Waals surface area (Å²) in [5.41, 5.74) is 5.31. The molecular formula is C28H33ClN8O2. The zero-order valence-electron chi connectivity index (χ0n) is 22.3. The molecule has 1 aromatic carbocycles. The van der Waals surface area contributed by atoms with Crippen molar-refractivity contribution in [2.75, 3.05) is 81.2 Å². The number of hydrogen-bond acceptors (Lipinski definition) is 9. The van der Waals surface area contributed by atoms with E-state index in [9.17, 15) is 5.11 Å². The zero-order chi connectivity index (χ0) is 26.9. The number of piperazine rings is 2. The summed E-state index contributed by atoms with van der Waals surface area (Å²) in [6, 6.07) is 7.79. The molecule has 6 rings (SSSR count). The molecule has 0 atom stereocenters. The zero-order valence-corrected chi connectivity index (χ0v) is 23.0. The number of nitrogens with zero attached hydrogens (tertiary/aromatic N) is 8. The molecule has 5 heterocycles. The van der Waals surface area contributed by atoms with Gasteiger partial charge in [-0.25, -0.2) is 15.0 Å². The number of imidazole rings is 1. The quantitative estimate of drug-likeness (QED) is 0.391. The van der Waals surface area contributed by atoms with Crippen molar-refractivity contribution in [2.45, 2.75) is 6.61 Å². The van der Waals surface area contributed by atoms with Crippen molar-refractivity contribution in [1.82, 2.24) is 24.3 Å². The van der Waals surface area contributed by atoms with Gasteiger partial charge in [0, 0.05) is 82.1 Å². The van der Waals surface area contributed by atoms with Gasteiger partial charge in [-0.2, -0.15) is 0 Å². The Morgan fingerprint density at radius 2 is 1.56 bits per heavy atom. The number of aliphatic hydroxyl groups is 1. The Kier molecular flexibility index (Phi) is 7.16. The van der Waals surface area contributed by atoms with E-state index >= 15 is 0 Å². The second-order valence-electron chi connectivity index (χ2n) is 10.1. The second-order valence-corrected chi connectivity index (χ2v) is 10.5. The van der Waals surface area contributed by atoms with Crippen molar-refractivity contribution >= 4 is 34.6 Å². The van der Waals surface area contributed by atoms with E-state index in [1.807, 2.05) is 29.2 Å². The first-order chi connectivity index (χ1) is 19.0. The van der Waals surface area contributed by atoms with Gasteiger partial charge in [-0.15, -0.1) is 0 Å². The van der Waals surface area contributed by atoms with Crippen LogP contribution in [0, 0.1) is 0 Å². The number of aromatic nitrogens is 4. The smallest absolute Gasteiger partial charge is 0.225 e. The maximum Gasteiger partial charge on any atom is 0.225 e. The van der Waals surface area contributed by atoms with Gasteiger partial charge >= 0.3 is 0 Å². The van der Waals surface area contributed by atoms with E-state index in [2.05, 4.69) is 48.7 Å². The third kappa shape index (κ3) is 5.19. The van der Waals surface area contributed by atoms with Crippen LogP contribution in [0.4, 0.5) is 17.3 Å². The molecule has 0 bridgehead atoms. The summed E-state index contributed by atoms with van der Waals surface area (Å²) < 4.78 is 7.30. The van der Waals surface area contributed by atoms with E-state index in [0.717, 1.165) is 92.1 Å². The normalized spacial score (nSPS) is 16.8. The van der Waals surface area contributed by atoms with Crippen molar-refractivity contribution in [2.24, 2.45) is 0 Å². The van der Waals surface area contributed by atoms with Crippen LogP contribution in [0.25, 0.3) is 16.9 Å². The fourth-order valence-electron chi connectivity index (χ4n) is 5.29. The van der Waals surface area contributed by atoms with Crippen LogP contribution in [-0.4, -0.2) is 95.9 Å². The lowest BCUT2D eigenvalue weighted by Crippen LogP contribution is -2.47. The number of aliphatic hydroxyl groups excluding tert-OH is 1. The van der Waals surface area contributed by atoms with E-state index in [-0.39, 0.29) is 6.61 Å². The lowest BCUT2D eigenvalue weighted by Gasteiger charge is -2.37. The van der Waals surface area contributed by atoms with Gasteiger partial charge in [-0.1, -0.05) is 11.6 Å². The average Bonchev–Trinajstić information content (AvgIpc) is 3.41. The number of ether oxygens (including phenoxy) is 1. The van der Waals surface area contributed by atoms with E-state index in [1.54, 1.807) is 19.2 Å². The molecule has 2 aliphatic heterocycles. The molecule has 2 fully saturated rings. The molecule has 1 N–H and O–H groups in total. The third-order valence-corrected chi connectivity index (χ3v) is 7.98. The fraction of sp³-hybridized carbons (Fsp3) is 0.393. The molecule has 0 saturated carbocycles. The van der Waals surface area contributed by atoms with Crippen LogP contribution < -0.4 is 19.4 Å². The molecule has 0 amide bonds. The highest BCUT2D eigenvalue weighted by molar-refractivity contribution is 6.32. The lowest BCUT2D eigenvalue weighted by atomic mass is 10.1. The van der Waals surface area contributed by atoms with E-state index < -0.39 is 0 Å². The maximum absolute atomic E-state index is 9.91. The van der Waals surface area contributed by atoms with Crippen molar-refractivity contribution in [3.05, 3.63) is 59.6 Å². The number of pyridine rings is 1. The molecule has 11 heteroatoms. The highest BCUT2D eigenvalue weighted by Gasteiger charge is 2.21. The van der Waals surface area contributed by atoms with Crippen LogP contribution in [0.3, 0.4) is 0 Å². The standard InChI is InChI=1S/C28H33ClN8O2/c1-33-5-7-36(8-6-33)28-30-16-22(17-31-28)35-11-9-34(10-12-35)21-3-4-37-18-25(32-27(37)14-21)23-15-24(29)26(39-2)13-20(23)19-38/h3-4,13-18,38H,5-12,19H2,1-2H3. The monoisotopic (exact) mass is 548 g/mol. The first kappa shape index (κ1) is 25.7. The molecule has 0 aliphatic carbocycles. The van der Waals surface area contributed by atoms with E-state index in [0.29, 0.717) is 10.8 Å². The van der Waals surface area contributed by atoms with Crippen LogP contribution in [0.2, 0.25) is 5.02 Å². The van der Waals surface area contributed by atoms with Crippen molar-refractivity contribution in [3.63, 3.8) is 0 Å². The molecule has 39 heavy (non-hydrogen) atoms. The molecule has 0 radical (unpaired) electrons. The van der Waals surface area contributed by atoms with Gasteiger partial charge < -0.3 is 33.8 Å². The van der Waals surface area contributed by atoms with E-state index in [4.69, 9.17) is 21.3 Å². The largest absolute Gasteiger partial charge is 0.495 e. The highest BCUT2D eigenvalue weighted by Crippen LogP contribution is 2.34. The molecule has 204 valence electrons. The molecular weight excluding hydrogens is 516 g/mol. The summed E-state index contributed by atoms with van der Waals surface area (Å²) in [6.45, 7) is 7.46. The number of methoxy groups -OCH3 is 1. The van der Waals surface area contributed by atoms with Gasteiger partial charge in [0.2, 0.25) is 5.95 Å². The highest BCUT2D eigenvalue weighted by atomic mass is 35.5. The number of likely N-dealkylation sites (N-methyl/N-ethyl adjacent to an activating group) is 1. The second kappa shape index (κ2) is 10.9.